The second-order valence-electron chi connectivity index (χ2n) is 7.88. The Morgan fingerprint density at radius 1 is 0.875 bits per heavy atom. The molecule has 0 aliphatic heterocycles. The van der Waals surface area contributed by atoms with Crippen molar-refractivity contribution in [2.24, 2.45) is 12.0 Å². The molecule has 0 bridgehead atoms. The summed E-state index contributed by atoms with van der Waals surface area (Å²) in [6, 6.07) is 28.3. The van der Waals surface area contributed by atoms with Crippen LogP contribution in [-0.2, 0) is 13.6 Å². The Kier molecular flexibility index (Phi) is 5.07. The van der Waals surface area contributed by atoms with Gasteiger partial charge in [0.1, 0.15) is 0 Å². The summed E-state index contributed by atoms with van der Waals surface area (Å²) in [5.41, 5.74) is 5.35. The third-order valence-corrected chi connectivity index (χ3v) is 5.87. The molecule has 0 aliphatic carbocycles. The fourth-order valence-corrected chi connectivity index (χ4v) is 4.13. The summed E-state index contributed by atoms with van der Waals surface area (Å²) in [7, 11) is 1.88. The highest BCUT2D eigenvalue weighted by molar-refractivity contribution is 6.00. The Balaban J connectivity index is 1.56. The molecule has 0 spiro atoms. The van der Waals surface area contributed by atoms with E-state index in [-0.39, 0.29) is 5.56 Å². The lowest BCUT2D eigenvalue weighted by Gasteiger charge is -2.07. The van der Waals surface area contributed by atoms with Gasteiger partial charge in [-0.3, -0.25) is 9.48 Å². The standard InChI is InChI=1S/C27H24N4O/c1-20-26(27(32)31(29(20)2)23-13-7-4-8-14-23)28-17-22-19-30(18-21-11-5-3-6-12-21)25-16-10-9-15-24(22)25/h3-17,19H,18H2,1-2H3. The number of para-hydroxylation sites is 2. The quantitative estimate of drug-likeness (QED) is 0.359. The average molecular weight is 421 g/mol. The fourth-order valence-electron chi connectivity index (χ4n) is 4.13. The maximum absolute atomic E-state index is 13.2. The number of aromatic nitrogens is 3. The molecule has 0 saturated carbocycles. The van der Waals surface area contributed by atoms with Crippen LogP contribution in [0.15, 0.2) is 101 Å². The fraction of sp³-hybridized carbons (Fsp3) is 0.111. The molecule has 0 fully saturated rings. The zero-order valence-corrected chi connectivity index (χ0v) is 18.1. The first kappa shape index (κ1) is 19.8. The van der Waals surface area contributed by atoms with Crippen molar-refractivity contribution in [2.45, 2.75) is 13.5 Å². The number of rotatable bonds is 5. The van der Waals surface area contributed by atoms with Gasteiger partial charge in [0.2, 0.25) is 0 Å². The van der Waals surface area contributed by atoms with E-state index < -0.39 is 0 Å². The van der Waals surface area contributed by atoms with Crippen LogP contribution in [0, 0.1) is 6.92 Å². The number of hydrogen-bond donors (Lipinski definition) is 0. The molecule has 0 unspecified atom stereocenters. The lowest BCUT2D eigenvalue weighted by Crippen LogP contribution is -2.19. The number of benzene rings is 3. The van der Waals surface area contributed by atoms with E-state index in [1.807, 2.05) is 73.4 Å². The molecule has 0 aliphatic rings. The molecule has 5 rings (SSSR count). The van der Waals surface area contributed by atoms with Crippen molar-refractivity contribution in [1.82, 2.24) is 13.9 Å². The van der Waals surface area contributed by atoms with Crippen molar-refractivity contribution >= 4 is 22.8 Å². The van der Waals surface area contributed by atoms with Crippen molar-refractivity contribution in [3.05, 3.63) is 118 Å². The summed E-state index contributed by atoms with van der Waals surface area (Å²) >= 11 is 0. The van der Waals surface area contributed by atoms with Crippen molar-refractivity contribution in [1.29, 1.82) is 0 Å². The summed E-state index contributed by atoms with van der Waals surface area (Å²) in [4.78, 5) is 17.8. The molecule has 5 heteroatoms. The second-order valence-corrected chi connectivity index (χ2v) is 7.88. The Bertz CT molecular complexity index is 1470. The van der Waals surface area contributed by atoms with Gasteiger partial charge in [-0.1, -0.05) is 66.7 Å². The molecule has 5 aromatic rings. The first-order valence-corrected chi connectivity index (χ1v) is 10.6. The minimum atomic E-state index is -0.125. The molecular formula is C27H24N4O. The Hall–Kier alpha value is -4.12. The highest BCUT2D eigenvalue weighted by Gasteiger charge is 2.15. The SMILES string of the molecule is Cc1c(N=Cc2cn(Cc3ccccc3)c3ccccc23)c(=O)n(-c2ccccc2)n1C. The van der Waals surface area contributed by atoms with Crippen LogP contribution in [0.4, 0.5) is 5.69 Å². The molecule has 3 aromatic carbocycles. The van der Waals surface area contributed by atoms with Crippen molar-refractivity contribution in [3.8, 4) is 5.69 Å². The van der Waals surface area contributed by atoms with Crippen molar-refractivity contribution < 1.29 is 0 Å². The zero-order valence-electron chi connectivity index (χ0n) is 18.1. The molecule has 0 saturated heterocycles. The van der Waals surface area contributed by atoms with E-state index in [1.54, 1.807) is 4.68 Å². The van der Waals surface area contributed by atoms with Crippen LogP contribution >= 0.6 is 0 Å². The van der Waals surface area contributed by atoms with Crippen molar-refractivity contribution in [2.75, 3.05) is 0 Å². The number of hydrogen-bond acceptors (Lipinski definition) is 2. The van der Waals surface area contributed by atoms with Crippen LogP contribution in [0.1, 0.15) is 16.8 Å². The van der Waals surface area contributed by atoms with Gasteiger partial charge in [0.25, 0.3) is 5.56 Å². The maximum Gasteiger partial charge on any atom is 0.297 e. The Morgan fingerprint density at radius 2 is 1.53 bits per heavy atom. The third-order valence-electron chi connectivity index (χ3n) is 5.87. The zero-order chi connectivity index (χ0) is 22.1. The summed E-state index contributed by atoms with van der Waals surface area (Å²) in [5, 5.41) is 1.11. The molecule has 2 aromatic heterocycles. The largest absolute Gasteiger partial charge is 0.342 e. The maximum atomic E-state index is 13.2. The van der Waals surface area contributed by atoms with Gasteiger partial charge in [0.05, 0.1) is 11.4 Å². The van der Waals surface area contributed by atoms with E-state index in [4.69, 9.17) is 0 Å². The number of nitrogens with zero attached hydrogens (tertiary/aromatic N) is 4. The molecular weight excluding hydrogens is 396 g/mol. The van der Waals surface area contributed by atoms with Gasteiger partial charge in [0, 0.05) is 42.5 Å². The van der Waals surface area contributed by atoms with Gasteiger partial charge in [0.15, 0.2) is 5.69 Å². The molecule has 32 heavy (non-hydrogen) atoms. The summed E-state index contributed by atoms with van der Waals surface area (Å²) in [5.74, 6) is 0. The van der Waals surface area contributed by atoms with Gasteiger partial charge in [-0.25, -0.2) is 9.67 Å². The normalized spacial score (nSPS) is 11.6. The molecule has 0 atom stereocenters. The summed E-state index contributed by atoms with van der Waals surface area (Å²) < 4.78 is 5.73. The van der Waals surface area contributed by atoms with Crippen LogP contribution < -0.4 is 5.56 Å². The summed E-state index contributed by atoms with van der Waals surface area (Å²) in [6.07, 6.45) is 3.91. The predicted molar refractivity (Wildman–Crippen MR) is 130 cm³/mol. The Morgan fingerprint density at radius 3 is 2.28 bits per heavy atom. The highest BCUT2D eigenvalue weighted by atomic mass is 16.1. The first-order chi connectivity index (χ1) is 15.6. The first-order valence-electron chi connectivity index (χ1n) is 10.6. The minimum absolute atomic E-state index is 0.125. The second kappa shape index (κ2) is 8.19. The molecule has 0 N–H and O–H groups in total. The van der Waals surface area contributed by atoms with Gasteiger partial charge in [-0.05, 0) is 30.7 Å². The third kappa shape index (κ3) is 3.48. The van der Waals surface area contributed by atoms with Crippen LogP contribution in [0.3, 0.4) is 0 Å². The lowest BCUT2D eigenvalue weighted by atomic mass is 10.2. The topological polar surface area (TPSA) is 44.2 Å². The summed E-state index contributed by atoms with van der Waals surface area (Å²) in [6.45, 7) is 2.70. The van der Waals surface area contributed by atoms with Gasteiger partial charge in [-0.15, -0.1) is 0 Å². The Labute approximate surface area is 186 Å². The van der Waals surface area contributed by atoms with Gasteiger partial charge >= 0.3 is 0 Å². The van der Waals surface area contributed by atoms with E-state index >= 15 is 0 Å². The monoisotopic (exact) mass is 420 g/mol. The number of fused-ring (bicyclic) bond motifs is 1. The van der Waals surface area contributed by atoms with Crippen LogP contribution in [0.25, 0.3) is 16.6 Å². The van der Waals surface area contributed by atoms with Gasteiger partial charge < -0.3 is 4.57 Å². The van der Waals surface area contributed by atoms with E-state index in [0.717, 1.165) is 34.4 Å². The van der Waals surface area contributed by atoms with Crippen LogP contribution in [0.2, 0.25) is 0 Å². The lowest BCUT2D eigenvalue weighted by molar-refractivity contribution is 0.630. The smallest absolute Gasteiger partial charge is 0.297 e. The average Bonchev–Trinajstić information content (AvgIpc) is 3.28. The minimum Gasteiger partial charge on any atom is -0.342 e. The molecule has 2 heterocycles. The molecule has 5 nitrogen and oxygen atoms in total. The van der Waals surface area contributed by atoms with Crippen LogP contribution in [0.5, 0.6) is 0 Å². The molecule has 0 radical (unpaired) electrons. The van der Waals surface area contributed by atoms with Crippen LogP contribution in [-0.4, -0.2) is 20.1 Å². The number of aliphatic imine (C=N–C) groups is 1. The predicted octanol–water partition coefficient (Wildman–Crippen LogP) is 5.24. The molecule has 158 valence electrons. The van der Waals surface area contributed by atoms with E-state index in [2.05, 4.69) is 52.2 Å². The van der Waals surface area contributed by atoms with E-state index in [9.17, 15) is 4.79 Å². The van der Waals surface area contributed by atoms with Crippen molar-refractivity contribution in [3.63, 3.8) is 0 Å². The molecule has 0 amide bonds. The highest BCUT2D eigenvalue weighted by Crippen LogP contribution is 2.23. The van der Waals surface area contributed by atoms with Gasteiger partial charge in [-0.2, -0.15) is 0 Å². The van der Waals surface area contributed by atoms with E-state index in [0.29, 0.717) is 5.69 Å². The van der Waals surface area contributed by atoms with E-state index in [1.165, 1.54) is 5.56 Å².